The third-order valence-electron chi connectivity index (χ3n) is 5.90. The molecule has 2 aliphatic rings. The van der Waals surface area contributed by atoms with Gasteiger partial charge in [0.15, 0.2) is 18.3 Å². The minimum absolute atomic E-state index is 0.0387. The summed E-state index contributed by atoms with van der Waals surface area (Å²) in [5.41, 5.74) is 2.07. The van der Waals surface area contributed by atoms with Crippen molar-refractivity contribution in [3.05, 3.63) is 44.4 Å². The molecule has 4 heterocycles. The van der Waals surface area contributed by atoms with Crippen LogP contribution in [0, 0.1) is 12.7 Å². The van der Waals surface area contributed by atoms with Gasteiger partial charge in [-0.15, -0.1) is 11.3 Å². The number of aromatic nitrogens is 2. The molecule has 5 rings (SSSR count). The molecule has 1 aromatic carbocycles. The van der Waals surface area contributed by atoms with Crippen LogP contribution in [0.25, 0.3) is 10.9 Å². The van der Waals surface area contributed by atoms with Gasteiger partial charge in [-0.05, 0) is 13.0 Å². The van der Waals surface area contributed by atoms with Gasteiger partial charge in [0.05, 0.1) is 22.8 Å². The van der Waals surface area contributed by atoms with E-state index in [1.54, 1.807) is 34.3 Å². The Balaban J connectivity index is 1.51. The number of carbonyl (C=O) groups excluding carboxylic acids is 1. The van der Waals surface area contributed by atoms with E-state index < -0.39 is 23.2 Å². The van der Waals surface area contributed by atoms with Gasteiger partial charge in [-0.25, -0.2) is 14.2 Å². The van der Waals surface area contributed by atoms with Crippen LogP contribution in [0.4, 0.5) is 14.9 Å². The molecule has 11 nitrogen and oxygen atoms in total. The molecule has 1 N–H and O–H groups in total. The Bertz CT molecular complexity index is 1380. The van der Waals surface area contributed by atoms with Gasteiger partial charge >= 0.3 is 6.16 Å². The van der Waals surface area contributed by atoms with Crippen LogP contribution in [-0.2, 0) is 0 Å². The molecule has 0 atom stereocenters. The second-order valence-corrected chi connectivity index (χ2v) is 8.80. The van der Waals surface area contributed by atoms with E-state index in [4.69, 9.17) is 9.84 Å². The minimum Gasteiger partial charge on any atom is -0.467 e. The largest absolute Gasteiger partial charge is 0.511 e. The first-order chi connectivity index (χ1) is 16.3. The standard InChI is InChI=1S/C21H20FN5O6S/c1-11-19(34-9-23-11)20(29)26-5-3-25(4-6-26)16-13(22)7-12-15-18(16)32-10-24(2)27(15)8-14(17(12)28)33-21(30)31/h7-9H,3-6,10H2,1-2H3,(H,30,31). The highest BCUT2D eigenvalue weighted by Crippen LogP contribution is 2.40. The lowest BCUT2D eigenvalue weighted by atomic mass is 10.1. The Morgan fingerprint density at radius 2 is 2.00 bits per heavy atom. The molecule has 34 heavy (non-hydrogen) atoms. The number of aryl methyl sites for hydroxylation is 1. The number of halogens is 1. The molecule has 0 radical (unpaired) electrons. The number of carboxylic acid groups (broad SMARTS) is 1. The van der Waals surface area contributed by atoms with Crippen LogP contribution in [0.15, 0.2) is 22.6 Å². The minimum atomic E-state index is -1.64. The molecule has 1 fully saturated rings. The molecular weight excluding hydrogens is 469 g/mol. The van der Waals surface area contributed by atoms with Crippen molar-refractivity contribution in [1.82, 2.24) is 14.6 Å². The topological polar surface area (TPSA) is 117 Å². The SMILES string of the molecule is Cc1ncsc1C(=O)N1CCN(c2c(F)cc3c(=O)c(OC(=O)O)cn4c3c2OCN4C)CC1. The normalized spacial score (nSPS) is 15.4. The predicted molar refractivity (Wildman–Crippen MR) is 121 cm³/mol. The smallest absolute Gasteiger partial charge is 0.467 e. The van der Waals surface area contributed by atoms with Crippen LogP contribution < -0.4 is 24.8 Å². The first kappa shape index (κ1) is 21.9. The summed E-state index contributed by atoms with van der Waals surface area (Å²) in [6, 6.07) is 1.07. The zero-order valence-corrected chi connectivity index (χ0v) is 19.1. The van der Waals surface area contributed by atoms with Crippen LogP contribution in [0.2, 0.25) is 0 Å². The summed E-state index contributed by atoms with van der Waals surface area (Å²) in [6.07, 6.45) is -0.391. The van der Waals surface area contributed by atoms with Gasteiger partial charge in [0.25, 0.3) is 5.91 Å². The van der Waals surface area contributed by atoms with Gasteiger partial charge in [0, 0.05) is 33.2 Å². The van der Waals surface area contributed by atoms with E-state index in [1.807, 2.05) is 0 Å². The Kier molecular flexibility index (Phi) is 5.27. The fraction of sp³-hybridized carbons (Fsp3) is 0.333. The van der Waals surface area contributed by atoms with Crippen molar-refractivity contribution in [2.45, 2.75) is 6.92 Å². The molecule has 0 aliphatic carbocycles. The second-order valence-electron chi connectivity index (χ2n) is 7.94. The van der Waals surface area contributed by atoms with Crippen molar-refractivity contribution in [3.63, 3.8) is 0 Å². The maximum absolute atomic E-state index is 15.4. The zero-order chi connectivity index (χ0) is 24.1. The quantitative estimate of drug-likeness (QED) is 0.550. The molecule has 0 saturated carbocycles. The first-order valence-corrected chi connectivity index (χ1v) is 11.3. The first-order valence-electron chi connectivity index (χ1n) is 10.4. The Labute approximate surface area is 196 Å². The molecule has 178 valence electrons. The summed E-state index contributed by atoms with van der Waals surface area (Å²) >= 11 is 1.29. The van der Waals surface area contributed by atoms with E-state index in [2.05, 4.69) is 9.72 Å². The Morgan fingerprint density at radius 1 is 1.26 bits per heavy atom. The highest BCUT2D eigenvalue weighted by molar-refractivity contribution is 7.11. The maximum atomic E-state index is 15.4. The summed E-state index contributed by atoms with van der Waals surface area (Å²) in [5, 5.41) is 10.5. The molecule has 1 saturated heterocycles. The van der Waals surface area contributed by atoms with Gasteiger partial charge in [0.2, 0.25) is 11.2 Å². The fourth-order valence-corrected chi connectivity index (χ4v) is 5.01. The lowest BCUT2D eigenvalue weighted by Gasteiger charge is -2.38. The van der Waals surface area contributed by atoms with Crippen LogP contribution >= 0.6 is 11.3 Å². The number of carbonyl (C=O) groups is 2. The zero-order valence-electron chi connectivity index (χ0n) is 18.3. The molecule has 3 aromatic rings. The number of ether oxygens (including phenoxy) is 2. The van der Waals surface area contributed by atoms with Gasteiger partial charge in [-0.2, -0.15) is 0 Å². The van der Waals surface area contributed by atoms with Gasteiger partial charge in [-0.3, -0.25) is 19.3 Å². The second kappa shape index (κ2) is 8.17. The molecule has 0 unspecified atom stereocenters. The van der Waals surface area contributed by atoms with Crippen LogP contribution in [0.1, 0.15) is 15.4 Å². The summed E-state index contributed by atoms with van der Waals surface area (Å²) in [5.74, 6) is -1.03. The van der Waals surface area contributed by atoms with Crippen molar-refractivity contribution in [1.29, 1.82) is 0 Å². The Hall–Kier alpha value is -3.87. The van der Waals surface area contributed by atoms with Crippen molar-refractivity contribution in [2.24, 2.45) is 0 Å². The van der Waals surface area contributed by atoms with Crippen LogP contribution in [0.5, 0.6) is 11.5 Å². The third-order valence-corrected chi connectivity index (χ3v) is 6.82. The predicted octanol–water partition coefficient (Wildman–Crippen LogP) is 1.84. The lowest BCUT2D eigenvalue weighted by Crippen LogP contribution is -2.49. The summed E-state index contributed by atoms with van der Waals surface area (Å²) < 4.78 is 27.3. The van der Waals surface area contributed by atoms with Gasteiger partial charge < -0.3 is 24.4 Å². The average molecular weight is 489 g/mol. The Morgan fingerprint density at radius 3 is 2.65 bits per heavy atom. The van der Waals surface area contributed by atoms with Crippen molar-refractivity contribution < 1.29 is 28.6 Å². The molecule has 0 spiro atoms. The summed E-state index contributed by atoms with van der Waals surface area (Å²) in [4.78, 5) is 44.8. The summed E-state index contributed by atoms with van der Waals surface area (Å²) in [7, 11) is 1.67. The van der Waals surface area contributed by atoms with Crippen molar-refractivity contribution >= 4 is 40.0 Å². The maximum Gasteiger partial charge on any atom is 0.511 e. The van der Waals surface area contributed by atoms with Gasteiger partial charge in [-0.1, -0.05) is 0 Å². The molecule has 2 aliphatic heterocycles. The molecular formula is C21H20FN5O6S. The van der Waals surface area contributed by atoms with Crippen molar-refractivity contribution in [3.8, 4) is 11.5 Å². The third kappa shape index (κ3) is 3.48. The van der Waals surface area contributed by atoms with E-state index in [1.165, 1.54) is 22.2 Å². The number of hydrogen-bond acceptors (Lipinski definition) is 9. The number of hydrogen-bond donors (Lipinski definition) is 1. The van der Waals surface area contributed by atoms with E-state index >= 15 is 4.39 Å². The number of piperazine rings is 1. The highest BCUT2D eigenvalue weighted by Gasteiger charge is 2.32. The highest BCUT2D eigenvalue weighted by atomic mass is 32.1. The average Bonchev–Trinajstić information content (AvgIpc) is 3.24. The van der Waals surface area contributed by atoms with Crippen LogP contribution in [-0.4, -0.2) is 71.7 Å². The number of amides is 1. The van der Waals surface area contributed by atoms with Crippen molar-refractivity contribution in [2.75, 3.05) is 49.9 Å². The number of anilines is 1. The van der Waals surface area contributed by atoms with Crippen LogP contribution in [0.3, 0.4) is 0 Å². The lowest BCUT2D eigenvalue weighted by molar-refractivity contribution is 0.0750. The number of nitrogens with zero attached hydrogens (tertiary/aromatic N) is 5. The number of rotatable bonds is 3. The van der Waals surface area contributed by atoms with E-state index in [-0.39, 0.29) is 29.5 Å². The molecule has 1 amide bonds. The fourth-order valence-electron chi connectivity index (χ4n) is 4.25. The van der Waals surface area contributed by atoms with Gasteiger partial charge in [0.1, 0.15) is 16.1 Å². The van der Waals surface area contributed by atoms with E-state index in [0.717, 1.165) is 6.07 Å². The molecule has 0 bridgehead atoms. The number of benzene rings is 1. The van der Waals surface area contributed by atoms with E-state index in [9.17, 15) is 14.4 Å². The number of thiazole rings is 1. The summed E-state index contributed by atoms with van der Waals surface area (Å²) in [6.45, 7) is 3.31. The molecule has 13 heteroatoms. The number of pyridine rings is 1. The molecule has 2 aromatic heterocycles. The monoisotopic (exact) mass is 489 g/mol. The van der Waals surface area contributed by atoms with E-state index in [0.29, 0.717) is 42.3 Å².